The molecule has 90 valence electrons. The molecule has 1 heterocycles. The van der Waals surface area contributed by atoms with Gasteiger partial charge >= 0.3 is 0 Å². The van der Waals surface area contributed by atoms with Crippen LogP contribution < -0.4 is 0 Å². The minimum absolute atomic E-state index is 0.829. The number of hydrogen-bond acceptors (Lipinski definition) is 3. The number of rotatable bonds is 5. The maximum Gasteiger partial charge on any atom is 0.187 e. The Morgan fingerprint density at radius 3 is 2.47 bits per heavy atom. The van der Waals surface area contributed by atoms with Crippen LogP contribution in [0.25, 0.3) is 5.57 Å². The van der Waals surface area contributed by atoms with Crippen molar-refractivity contribution in [3.05, 3.63) is 48.3 Å². The van der Waals surface area contributed by atoms with E-state index in [4.69, 9.17) is 0 Å². The third kappa shape index (κ3) is 4.57. The van der Waals surface area contributed by atoms with E-state index in [-0.39, 0.29) is 0 Å². The lowest BCUT2D eigenvalue weighted by Crippen LogP contribution is -1.90. The van der Waals surface area contributed by atoms with Crippen LogP contribution in [0.2, 0.25) is 0 Å². The van der Waals surface area contributed by atoms with Crippen molar-refractivity contribution in [1.29, 1.82) is 0 Å². The molecule has 3 heteroatoms. The smallest absolute Gasteiger partial charge is 0.187 e. The zero-order valence-corrected chi connectivity index (χ0v) is 11.4. The van der Waals surface area contributed by atoms with Gasteiger partial charge in [-0.3, -0.25) is 0 Å². The first-order chi connectivity index (χ1) is 8.17. The summed E-state index contributed by atoms with van der Waals surface area (Å²) in [7, 11) is 0. The van der Waals surface area contributed by atoms with Crippen LogP contribution in [0.5, 0.6) is 0 Å². The van der Waals surface area contributed by atoms with Gasteiger partial charge in [-0.25, -0.2) is 9.97 Å². The highest BCUT2D eigenvalue weighted by molar-refractivity contribution is 7.99. The molecule has 0 fully saturated rings. The van der Waals surface area contributed by atoms with Gasteiger partial charge in [-0.05, 0) is 25.2 Å². The summed E-state index contributed by atoms with van der Waals surface area (Å²) >= 11 is 1.65. The first-order valence-electron chi connectivity index (χ1n) is 5.62. The maximum atomic E-state index is 4.32. The molecule has 17 heavy (non-hydrogen) atoms. The fraction of sp³-hybridized carbons (Fsp3) is 0.286. The Bertz CT molecular complexity index is 430. The number of allylic oxidation sites excluding steroid dienone is 5. The van der Waals surface area contributed by atoms with Crippen LogP contribution in [-0.2, 0) is 0 Å². The van der Waals surface area contributed by atoms with E-state index in [2.05, 4.69) is 23.5 Å². The Labute approximate surface area is 108 Å². The molecule has 0 aliphatic rings. The van der Waals surface area contributed by atoms with Gasteiger partial charge in [-0.15, -0.1) is 0 Å². The van der Waals surface area contributed by atoms with E-state index in [1.54, 1.807) is 11.8 Å². The normalized spacial score (nSPS) is 12.1. The van der Waals surface area contributed by atoms with Gasteiger partial charge in [0.2, 0.25) is 0 Å². The first-order valence-corrected chi connectivity index (χ1v) is 6.61. The third-order valence-corrected chi connectivity index (χ3v) is 2.85. The predicted octanol–water partition coefficient (Wildman–Crippen LogP) is 4.12. The molecule has 0 saturated heterocycles. The Balaban J connectivity index is 2.87. The molecular weight excluding hydrogens is 228 g/mol. The van der Waals surface area contributed by atoms with Crippen molar-refractivity contribution in [3.63, 3.8) is 0 Å². The lowest BCUT2D eigenvalue weighted by atomic mass is 10.1. The van der Waals surface area contributed by atoms with E-state index in [1.807, 2.05) is 44.5 Å². The van der Waals surface area contributed by atoms with E-state index < -0.39 is 0 Å². The monoisotopic (exact) mass is 246 g/mol. The summed E-state index contributed by atoms with van der Waals surface area (Å²) in [6, 6.07) is 0. The van der Waals surface area contributed by atoms with Crippen molar-refractivity contribution in [2.75, 3.05) is 5.75 Å². The summed E-state index contributed by atoms with van der Waals surface area (Å²) in [5.41, 5.74) is 3.18. The Kier molecular flexibility index (Phi) is 5.70. The molecule has 1 rings (SSSR count). The standard InChI is InChI=1S/C14H18N2S/c1-5-12(8-7-11(3)4)13-9-15-14(16-10-13)17-6-2/h5,7-10H,3,6H2,1-2,4H3/b8-7-,12-5+. The largest absolute Gasteiger partial charge is 0.230 e. The summed E-state index contributed by atoms with van der Waals surface area (Å²) in [6.45, 7) is 9.92. The molecular formula is C14H18N2S. The van der Waals surface area contributed by atoms with Crippen LogP contribution in [-0.4, -0.2) is 15.7 Å². The van der Waals surface area contributed by atoms with Crippen LogP contribution in [0.4, 0.5) is 0 Å². The van der Waals surface area contributed by atoms with Gasteiger partial charge in [0.25, 0.3) is 0 Å². The summed E-state index contributed by atoms with van der Waals surface area (Å²) in [5.74, 6) is 0.991. The van der Waals surface area contributed by atoms with Crippen molar-refractivity contribution in [2.45, 2.75) is 25.9 Å². The summed E-state index contributed by atoms with van der Waals surface area (Å²) in [4.78, 5) is 8.64. The second-order valence-corrected chi connectivity index (χ2v) is 4.84. The van der Waals surface area contributed by atoms with Crippen molar-refractivity contribution in [2.24, 2.45) is 0 Å². The zero-order valence-electron chi connectivity index (χ0n) is 10.6. The third-order valence-electron chi connectivity index (χ3n) is 2.09. The Hall–Kier alpha value is -1.35. The van der Waals surface area contributed by atoms with Crippen LogP contribution in [0.1, 0.15) is 26.3 Å². The average Bonchev–Trinajstić information content (AvgIpc) is 2.32. The SMILES string of the molecule is C=C(C)/C=C\C(=C/C)c1cnc(SCC)nc1. The van der Waals surface area contributed by atoms with Gasteiger partial charge < -0.3 is 0 Å². The van der Waals surface area contributed by atoms with Crippen molar-refractivity contribution >= 4 is 17.3 Å². The van der Waals surface area contributed by atoms with Crippen LogP contribution in [0.3, 0.4) is 0 Å². The molecule has 1 aromatic heterocycles. The first kappa shape index (κ1) is 13.7. The summed E-state index contributed by atoms with van der Waals surface area (Å²) < 4.78 is 0. The molecule has 0 radical (unpaired) electrons. The van der Waals surface area contributed by atoms with Crippen LogP contribution >= 0.6 is 11.8 Å². The minimum Gasteiger partial charge on any atom is -0.230 e. The van der Waals surface area contributed by atoms with Gasteiger partial charge in [0.05, 0.1) is 0 Å². The van der Waals surface area contributed by atoms with E-state index in [9.17, 15) is 0 Å². The van der Waals surface area contributed by atoms with E-state index in [0.717, 1.165) is 27.6 Å². The quantitative estimate of drug-likeness (QED) is 0.444. The fourth-order valence-electron chi connectivity index (χ4n) is 1.26. The molecule has 0 bridgehead atoms. The number of aromatic nitrogens is 2. The highest BCUT2D eigenvalue weighted by Crippen LogP contribution is 2.17. The molecule has 0 atom stereocenters. The predicted molar refractivity (Wildman–Crippen MR) is 76.0 cm³/mol. The lowest BCUT2D eigenvalue weighted by Gasteiger charge is -2.02. The fourth-order valence-corrected chi connectivity index (χ4v) is 1.77. The molecule has 0 spiro atoms. The highest BCUT2D eigenvalue weighted by Gasteiger charge is 2.00. The van der Waals surface area contributed by atoms with Crippen LogP contribution in [0, 0.1) is 0 Å². The van der Waals surface area contributed by atoms with Crippen molar-refractivity contribution in [3.8, 4) is 0 Å². The maximum absolute atomic E-state index is 4.32. The van der Waals surface area contributed by atoms with Gasteiger partial charge in [0.15, 0.2) is 5.16 Å². The average molecular weight is 246 g/mol. The van der Waals surface area contributed by atoms with Crippen LogP contribution in [0.15, 0.2) is 47.9 Å². The minimum atomic E-state index is 0.829. The number of thioether (sulfide) groups is 1. The second-order valence-electron chi connectivity index (χ2n) is 3.61. The van der Waals surface area contributed by atoms with E-state index >= 15 is 0 Å². The van der Waals surface area contributed by atoms with Gasteiger partial charge in [0, 0.05) is 18.0 Å². The highest BCUT2D eigenvalue weighted by atomic mass is 32.2. The Morgan fingerprint density at radius 2 is 2.00 bits per heavy atom. The lowest BCUT2D eigenvalue weighted by molar-refractivity contribution is 0.961. The molecule has 1 aromatic rings. The number of hydrogen-bond donors (Lipinski definition) is 0. The zero-order chi connectivity index (χ0) is 12.7. The summed E-state index contributed by atoms with van der Waals surface area (Å²) in [6.07, 6.45) is 9.80. The van der Waals surface area contributed by atoms with E-state index in [1.165, 1.54) is 0 Å². The van der Waals surface area contributed by atoms with Crippen molar-refractivity contribution in [1.82, 2.24) is 9.97 Å². The van der Waals surface area contributed by atoms with E-state index in [0.29, 0.717) is 0 Å². The number of nitrogens with zero attached hydrogens (tertiary/aromatic N) is 2. The topological polar surface area (TPSA) is 25.8 Å². The molecule has 0 N–H and O–H groups in total. The molecule has 0 aliphatic carbocycles. The van der Waals surface area contributed by atoms with Gasteiger partial charge in [0.1, 0.15) is 0 Å². The molecule has 0 aromatic carbocycles. The Morgan fingerprint density at radius 1 is 1.35 bits per heavy atom. The van der Waals surface area contributed by atoms with Gasteiger partial charge in [-0.1, -0.05) is 49.1 Å². The summed E-state index contributed by atoms with van der Waals surface area (Å²) in [5, 5.41) is 0.829. The van der Waals surface area contributed by atoms with Crippen molar-refractivity contribution < 1.29 is 0 Å². The molecule has 0 unspecified atom stereocenters. The molecule has 0 saturated carbocycles. The molecule has 2 nitrogen and oxygen atoms in total. The second kappa shape index (κ2) is 7.07. The van der Waals surface area contributed by atoms with Gasteiger partial charge in [-0.2, -0.15) is 0 Å². The molecule has 0 aliphatic heterocycles. The molecule has 0 amide bonds.